The van der Waals surface area contributed by atoms with Crippen molar-refractivity contribution in [3.63, 3.8) is 0 Å². The second kappa shape index (κ2) is 5.72. The summed E-state index contributed by atoms with van der Waals surface area (Å²) in [6, 6.07) is 2.23. The monoisotopic (exact) mass is 209 g/mol. The van der Waals surface area contributed by atoms with Crippen LogP contribution in [0.1, 0.15) is 32.6 Å². The predicted molar refractivity (Wildman–Crippen MR) is 58.1 cm³/mol. The van der Waals surface area contributed by atoms with E-state index < -0.39 is 0 Å². The molecule has 4 heteroatoms. The van der Waals surface area contributed by atoms with E-state index in [2.05, 4.69) is 11.4 Å². The second-order valence-electron chi connectivity index (χ2n) is 4.18. The van der Waals surface area contributed by atoms with E-state index in [-0.39, 0.29) is 18.0 Å². The molecule has 1 N–H and O–H groups in total. The molecule has 0 aliphatic carbocycles. The molecular formula is C11H19N3O. The molecule has 1 heterocycles. The van der Waals surface area contributed by atoms with Gasteiger partial charge in [0.2, 0.25) is 5.91 Å². The van der Waals surface area contributed by atoms with E-state index in [1.165, 1.54) is 0 Å². The first-order valence-corrected chi connectivity index (χ1v) is 5.53. The Morgan fingerprint density at radius 3 is 3.07 bits per heavy atom. The topological polar surface area (TPSA) is 56.1 Å². The zero-order valence-corrected chi connectivity index (χ0v) is 9.49. The van der Waals surface area contributed by atoms with Gasteiger partial charge >= 0.3 is 0 Å². The maximum atomic E-state index is 11.7. The number of nitrogens with zero attached hydrogens (tertiary/aromatic N) is 2. The van der Waals surface area contributed by atoms with Crippen LogP contribution in [-0.2, 0) is 4.79 Å². The molecule has 1 fully saturated rings. The summed E-state index contributed by atoms with van der Waals surface area (Å²) in [5.74, 6) is 0.111. The van der Waals surface area contributed by atoms with Gasteiger partial charge in [-0.05, 0) is 33.2 Å². The van der Waals surface area contributed by atoms with Crippen molar-refractivity contribution in [2.24, 2.45) is 0 Å². The molecule has 1 saturated heterocycles. The third-order valence-corrected chi connectivity index (χ3v) is 3.08. The van der Waals surface area contributed by atoms with Gasteiger partial charge in [-0.1, -0.05) is 0 Å². The molecule has 1 amide bonds. The van der Waals surface area contributed by atoms with Gasteiger partial charge in [-0.2, -0.15) is 5.26 Å². The van der Waals surface area contributed by atoms with Crippen molar-refractivity contribution in [1.29, 1.82) is 5.26 Å². The van der Waals surface area contributed by atoms with Crippen LogP contribution in [0.15, 0.2) is 0 Å². The van der Waals surface area contributed by atoms with Gasteiger partial charge in [0, 0.05) is 12.6 Å². The largest absolute Gasteiger partial charge is 0.355 e. The van der Waals surface area contributed by atoms with Gasteiger partial charge in [-0.15, -0.1) is 0 Å². The molecular weight excluding hydrogens is 190 g/mol. The van der Waals surface area contributed by atoms with Gasteiger partial charge in [0.05, 0.1) is 18.5 Å². The summed E-state index contributed by atoms with van der Waals surface area (Å²) in [5.41, 5.74) is 0. The molecule has 1 aliphatic heterocycles. The fourth-order valence-corrected chi connectivity index (χ4v) is 1.90. The van der Waals surface area contributed by atoms with Crippen molar-refractivity contribution >= 4 is 5.91 Å². The van der Waals surface area contributed by atoms with Crippen LogP contribution in [0.3, 0.4) is 0 Å². The summed E-state index contributed by atoms with van der Waals surface area (Å²) in [4.78, 5) is 13.7. The van der Waals surface area contributed by atoms with Crippen LogP contribution in [0.5, 0.6) is 0 Å². The molecule has 0 radical (unpaired) electrons. The first-order valence-electron chi connectivity index (χ1n) is 5.53. The zero-order chi connectivity index (χ0) is 11.3. The lowest BCUT2D eigenvalue weighted by Crippen LogP contribution is -2.47. The number of hydrogen-bond acceptors (Lipinski definition) is 3. The van der Waals surface area contributed by atoms with Gasteiger partial charge in [0.15, 0.2) is 0 Å². The van der Waals surface area contributed by atoms with Crippen molar-refractivity contribution in [1.82, 2.24) is 10.2 Å². The van der Waals surface area contributed by atoms with E-state index in [1.54, 1.807) is 0 Å². The third-order valence-electron chi connectivity index (χ3n) is 3.08. The fourth-order valence-electron chi connectivity index (χ4n) is 1.90. The molecule has 15 heavy (non-hydrogen) atoms. The molecule has 1 aliphatic rings. The minimum atomic E-state index is -0.0594. The van der Waals surface area contributed by atoms with Crippen molar-refractivity contribution < 1.29 is 4.79 Å². The molecule has 2 atom stereocenters. The van der Waals surface area contributed by atoms with Crippen molar-refractivity contribution in [3.8, 4) is 6.07 Å². The third kappa shape index (κ3) is 3.21. The Balaban J connectivity index is 2.59. The molecule has 84 valence electrons. The number of nitriles is 1. The highest BCUT2D eigenvalue weighted by Gasteiger charge is 2.27. The Kier molecular flexibility index (Phi) is 4.57. The lowest BCUT2D eigenvalue weighted by Gasteiger charge is -2.29. The molecule has 0 bridgehead atoms. The molecule has 0 spiro atoms. The standard InChI is InChI=1S/C11H19N3O/c1-9(6-7-12)14(2)10-5-3-4-8-13-11(10)15/h9-10H,3-6,8H2,1-2H3,(H,13,15). The van der Waals surface area contributed by atoms with E-state index in [9.17, 15) is 4.79 Å². The summed E-state index contributed by atoms with van der Waals surface area (Å²) < 4.78 is 0. The number of amides is 1. The van der Waals surface area contributed by atoms with Gasteiger partial charge in [0.1, 0.15) is 0 Å². The van der Waals surface area contributed by atoms with Gasteiger partial charge < -0.3 is 5.32 Å². The van der Waals surface area contributed by atoms with E-state index in [0.29, 0.717) is 6.42 Å². The van der Waals surface area contributed by atoms with E-state index >= 15 is 0 Å². The number of nitrogens with one attached hydrogen (secondary N) is 1. The van der Waals surface area contributed by atoms with Crippen molar-refractivity contribution in [2.45, 2.75) is 44.7 Å². The quantitative estimate of drug-likeness (QED) is 0.751. The Bertz CT molecular complexity index is 259. The average molecular weight is 209 g/mol. The lowest BCUT2D eigenvalue weighted by molar-refractivity contribution is -0.126. The molecule has 0 aromatic rings. The van der Waals surface area contributed by atoms with Crippen LogP contribution >= 0.6 is 0 Å². The van der Waals surface area contributed by atoms with Gasteiger partial charge in [-0.25, -0.2) is 0 Å². The first-order chi connectivity index (χ1) is 7.16. The lowest BCUT2D eigenvalue weighted by atomic mass is 10.1. The Morgan fingerprint density at radius 1 is 1.67 bits per heavy atom. The number of carbonyl (C=O) groups is 1. The molecule has 0 saturated carbocycles. The smallest absolute Gasteiger partial charge is 0.237 e. The maximum absolute atomic E-state index is 11.7. The van der Waals surface area contributed by atoms with Crippen LogP contribution in [0, 0.1) is 11.3 Å². The van der Waals surface area contributed by atoms with Crippen LogP contribution in [0.2, 0.25) is 0 Å². The number of hydrogen-bond donors (Lipinski definition) is 1. The number of rotatable bonds is 3. The normalized spacial score (nSPS) is 24.1. The number of carbonyl (C=O) groups excluding carboxylic acids is 1. The molecule has 2 unspecified atom stereocenters. The van der Waals surface area contributed by atoms with Crippen LogP contribution in [-0.4, -0.2) is 36.5 Å². The highest BCUT2D eigenvalue weighted by atomic mass is 16.2. The van der Waals surface area contributed by atoms with Gasteiger partial charge in [-0.3, -0.25) is 9.69 Å². The van der Waals surface area contributed by atoms with Crippen LogP contribution in [0.4, 0.5) is 0 Å². The number of likely N-dealkylation sites (N-methyl/N-ethyl adjacent to an activating group) is 1. The molecule has 0 aromatic carbocycles. The summed E-state index contributed by atoms with van der Waals surface area (Å²) in [7, 11) is 1.93. The van der Waals surface area contributed by atoms with Crippen molar-refractivity contribution in [3.05, 3.63) is 0 Å². The Labute approximate surface area is 91.2 Å². The SMILES string of the molecule is CC(CC#N)N(C)C1CCCCNC1=O. The molecule has 1 rings (SSSR count). The summed E-state index contributed by atoms with van der Waals surface area (Å²) in [6.07, 6.45) is 3.51. The minimum Gasteiger partial charge on any atom is -0.355 e. The van der Waals surface area contributed by atoms with E-state index in [4.69, 9.17) is 5.26 Å². The zero-order valence-electron chi connectivity index (χ0n) is 9.49. The highest BCUT2D eigenvalue weighted by Crippen LogP contribution is 2.14. The highest BCUT2D eigenvalue weighted by molar-refractivity contribution is 5.81. The van der Waals surface area contributed by atoms with E-state index in [0.717, 1.165) is 25.8 Å². The van der Waals surface area contributed by atoms with Crippen LogP contribution < -0.4 is 5.32 Å². The summed E-state index contributed by atoms with van der Waals surface area (Å²) in [5, 5.41) is 11.5. The van der Waals surface area contributed by atoms with E-state index in [1.807, 2.05) is 18.9 Å². The maximum Gasteiger partial charge on any atom is 0.237 e. The Morgan fingerprint density at radius 2 is 2.40 bits per heavy atom. The van der Waals surface area contributed by atoms with Gasteiger partial charge in [0.25, 0.3) is 0 Å². The van der Waals surface area contributed by atoms with Crippen molar-refractivity contribution in [2.75, 3.05) is 13.6 Å². The second-order valence-corrected chi connectivity index (χ2v) is 4.18. The Hall–Kier alpha value is -1.08. The summed E-state index contributed by atoms with van der Waals surface area (Å²) >= 11 is 0. The summed E-state index contributed by atoms with van der Waals surface area (Å²) in [6.45, 7) is 2.77. The average Bonchev–Trinajstić information content (AvgIpc) is 2.42. The first kappa shape index (κ1) is 12.0. The molecule has 0 aromatic heterocycles. The molecule has 4 nitrogen and oxygen atoms in total. The minimum absolute atomic E-state index is 0.0594. The fraction of sp³-hybridized carbons (Fsp3) is 0.818. The predicted octanol–water partition coefficient (Wildman–Crippen LogP) is 0.889. The van der Waals surface area contributed by atoms with Crippen LogP contribution in [0.25, 0.3) is 0 Å².